The van der Waals surface area contributed by atoms with Gasteiger partial charge in [-0.05, 0) is 42.8 Å². The third-order valence-electron chi connectivity index (χ3n) is 3.03. The number of hydrogen-bond acceptors (Lipinski definition) is 4. The molecule has 0 aliphatic rings. The van der Waals surface area contributed by atoms with Gasteiger partial charge in [-0.2, -0.15) is 0 Å². The Morgan fingerprint density at radius 2 is 1.91 bits per heavy atom. The maximum atomic E-state index is 11.3. The van der Waals surface area contributed by atoms with Crippen LogP contribution in [-0.2, 0) is 0 Å². The van der Waals surface area contributed by atoms with Crippen LogP contribution in [0, 0.1) is 6.92 Å². The number of pyridine rings is 1. The molecule has 0 spiro atoms. The van der Waals surface area contributed by atoms with Crippen LogP contribution in [0.15, 0.2) is 52.8 Å². The lowest BCUT2D eigenvalue weighted by molar-refractivity contribution is 0.0692. The van der Waals surface area contributed by atoms with Crippen molar-refractivity contribution >= 4 is 34.7 Å². The van der Waals surface area contributed by atoms with Gasteiger partial charge in [0.25, 0.3) is 0 Å². The number of carboxylic acids is 1. The summed E-state index contributed by atoms with van der Waals surface area (Å²) in [5, 5.41) is 18.0. The Hall–Kier alpha value is -2.73. The van der Waals surface area contributed by atoms with E-state index in [0.717, 1.165) is 5.56 Å². The Balaban J connectivity index is 2.11. The summed E-state index contributed by atoms with van der Waals surface area (Å²) in [4.78, 5) is 15.4. The molecule has 110 valence electrons. The standard InChI is InChI=1S/C15H11ClN4O2/c1-9-2-7-12-17-13(15(21)22)14(20(12)8-9)19-18-11-5-3-10(16)4-6-11/h2-8H,1H3,(H,21,22). The molecule has 0 atom stereocenters. The van der Waals surface area contributed by atoms with Crippen molar-refractivity contribution in [2.24, 2.45) is 10.2 Å². The molecule has 2 aromatic heterocycles. The van der Waals surface area contributed by atoms with Crippen molar-refractivity contribution in [2.45, 2.75) is 6.92 Å². The second kappa shape index (κ2) is 5.57. The summed E-state index contributed by atoms with van der Waals surface area (Å²) in [6, 6.07) is 10.4. The van der Waals surface area contributed by atoms with Crippen molar-refractivity contribution in [1.82, 2.24) is 9.38 Å². The predicted octanol–water partition coefficient (Wildman–Crippen LogP) is 4.41. The van der Waals surface area contributed by atoms with Crippen molar-refractivity contribution in [2.75, 3.05) is 0 Å². The van der Waals surface area contributed by atoms with E-state index in [9.17, 15) is 9.90 Å². The van der Waals surface area contributed by atoms with Crippen LogP contribution < -0.4 is 0 Å². The molecule has 0 unspecified atom stereocenters. The van der Waals surface area contributed by atoms with Gasteiger partial charge in [-0.3, -0.25) is 4.40 Å². The number of fused-ring (bicyclic) bond motifs is 1. The number of aryl methyl sites for hydroxylation is 1. The lowest BCUT2D eigenvalue weighted by Gasteiger charge is -1.98. The maximum absolute atomic E-state index is 11.3. The van der Waals surface area contributed by atoms with Gasteiger partial charge in [-0.15, -0.1) is 10.2 Å². The van der Waals surface area contributed by atoms with E-state index in [1.807, 2.05) is 13.0 Å². The number of rotatable bonds is 3. The third-order valence-corrected chi connectivity index (χ3v) is 3.28. The van der Waals surface area contributed by atoms with E-state index < -0.39 is 5.97 Å². The summed E-state index contributed by atoms with van der Waals surface area (Å²) >= 11 is 5.81. The van der Waals surface area contributed by atoms with E-state index >= 15 is 0 Å². The molecule has 0 saturated heterocycles. The second-order valence-electron chi connectivity index (χ2n) is 4.70. The molecule has 0 aliphatic carbocycles. The van der Waals surface area contributed by atoms with E-state index in [0.29, 0.717) is 16.4 Å². The molecular weight excluding hydrogens is 304 g/mol. The zero-order valence-electron chi connectivity index (χ0n) is 11.6. The molecule has 0 fully saturated rings. The molecule has 0 radical (unpaired) electrons. The van der Waals surface area contributed by atoms with Gasteiger partial charge in [0.05, 0.1) is 5.69 Å². The number of halogens is 1. The number of aromatic carboxylic acids is 1. The molecular formula is C15H11ClN4O2. The van der Waals surface area contributed by atoms with Crippen LogP contribution >= 0.6 is 11.6 Å². The lowest BCUT2D eigenvalue weighted by atomic mass is 10.3. The summed E-state index contributed by atoms with van der Waals surface area (Å²) in [7, 11) is 0. The van der Waals surface area contributed by atoms with E-state index in [-0.39, 0.29) is 11.5 Å². The van der Waals surface area contributed by atoms with Crippen molar-refractivity contribution in [3.05, 3.63) is 58.9 Å². The molecule has 7 heteroatoms. The molecule has 3 aromatic rings. The number of imidazole rings is 1. The van der Waals surface area contributed by atoms with Crippen molar-refractivity contribution < 1.29 is 9.90 Å². The fourth-order valence-electron chi connectivity index (χ4n) is 1.99. The van der Waals surface area contributed by atoms with Crippen molar-refractivity contribution in [3.63, 3.8) is 0 Å². The fourth-order valence-corrected chi connectivity index (χ4v) is 2.12. The van der Waals surface area contributed by atoms with E-state index in [4.69, 9.17) is 11.6 Å². The van der Waals surface area contributed by atoms with Gasteiger partial charge in [0.1, 0.15) is 5.65 Å². The van der Waals surface area contributed by atoms with E-state index in [1.165, 1.54) is 0 Å². The Morgan fingerprint density at radius 1 is 1.18 bits per heavy atom. The third kappa shape index (κ3) is 2.68. The largest absolute Gasteiger partial charge is 0.476 e. The van der Waals surface area contributed by atoms with E-state index in [2.05, 4.69) is 15.2 Å². The molecule has 0 amide bonds. The first-order chi connectivity index (χ1) is 10.5. The average Bonchev–Trinajstić information content (AvgIpc) is 2.85. The van der Waals surface area contributed by atoms with E-state index in [1.54, 1.807) is 40.9 Å². The molecule has 0 bridgehead atoms. The molecule has 1 N–H and O–H groups in total. The smallest absolute Gasteiger partial charge is 0.358 e. The topological polar surface area (TPSA) is 79.3 Å². The van der Waals surface area contributed by atoms with Gasteiger partial charge >= 0.3 is 5.97 Å². The zero-order valence-corrected chi connectivity index (χ0v) is 12.3. The molecule has 0 aliphatic heterocycles. The average molecular weight is 315 g/mol. The SMILES string of the molecule is Cc1ccc2nc(C(=O)O)c(N=Nc3ccc(Cl)cc3)n2c1. The monoisotopic (exact) mass is 314 g/mol. The first-order valence-corrected chi connectivity index (χ1v) is 6.82. The first kappa shape index (κ1) is 14.2. The Morgan fingerprint density at radius 3 is 2.59 bits per heavy atom. The van der Waals surface area contributed by atoms with Gasteiger partial charge in [0.2, 0.25) is 0 Å². The zero-order chi connectivity index (χ0) is 15.7. The van der Waals surface area contributed by atoms with Gasteiger partial charge < -0.3 is 5.11 Å². The van der Waals surface area contributed by atoms with Crippen LogP contribution in [0.4, 0.5) is 11.5 Å². The Bertz CT molecular complexity index is 884. The Labute approximate surface area is 130 Å². The summed E-state index contributed by atoms with van der Waals surface area (Å²) in [5.41, 5.74) is 1.91. The van der Waals surface area contributed by atoms with Crippen molar-refractivity contribution in [3.8, 4) is 0 Å². The maximum Gasteiger partial charge on any atom is 0.358 e. The van der Waals surface area contributed by atoms with Gasteiger partial charge in [-0.1, -0.05) is 17.7 Å². The highest BCUT2D eigenvalue weighted by atomic mass is 35.5. The number of hydrogen-bond donors (Lipinski definition) is 1. The summed E-state index contributed by atoms with van der Waals surface area (Å²) in [6.45, 7) is 1.90. The highest BCUT2D eigenvalue weighted by Gasteiger charge is 2.18. The molecule has 2 heterocycles. The minimum atomic E-state index is -1.15. The number of carboxylic acid groups (broad SMARTS) is 1. The quantitative estimate of drug-likeness (QED) is 0.727. The van der Waals surface area contributed by atoms with Crippen LogP contribution in [0.3, 0.4) is 0 Å². The van der Waals surface area contributed by atoms with Crippen LogP contribution in [0.1, 0.15) is 16.1 Å². The number of carbonyl (C=O) groups is 1. The summed E-state index contributed by atoms with van der Waals surface area (Å²) < 4.78 is 1.61. The summed E-state index contributed by atoms with van der Waals surface area (Å²) in [5.74, 6) is -0.965. The molecule has 1 aromatic carbocycles. The number of benzene rings is 1. The normalized spacial score (nSPS) is 11.4. The number of azo groups is 1. The predicted molar refractivity (Wildman–Crippen MR) is 82.5 cm³/mol. The minimum Gasteiger partial charge on any atom is -0.476 e. The molecule has 22 heavy (non-hydrogen) atoms. The number of aromatic nitrogens is 2. The van der Waals surface area contributed by atoms with Gasteiger partial charge in [0.15, 0.2) is 11.5 Å². The lowest BCUT2D eigenvalue weighted by Crippen LogP contribution is -1.96. The Kier molecular flexibility index (Phi) is 3.60. The van der Waals surface area contributed by atoms with Gasteiger partial charge in [-0.25, -0.2) is 9.78 Å². The molecule has 6 nitrogen and oxygen atoms in total. The highest BCUT2D eigenvalue weighted by molar-refractivity contribution is 6.30. The van der Waals surface area contributed by atoms with Crippen molar-refractivity contribution in [1.29, 1.82) is 0 Å². The minimum absolute atomic E-state index is 0.136. The molecule has 3 rings (SSSR count). The van der Waals surface area contributed by atoms with Crippen LogP contribution in [0.25, 0.3) is 5.65 Å². The second-order valence-corrected chi connectivity index (χ2v) is 5.14. The van der Waals surface area contributed by atoms with Crippen LogP contribution in [0.2, 0.25) is 5.02 Å². The van der Waals surface area contributed by atoms with Gasteiger partial charge in [0, 0.05) is 11.2 Å². The number of nitrogens with zero attached hydrogens (tertiary/aromatic N) is 4. The molecule has 0 saturated carbocycles. The first-order valence-electron chi connectivity index (χ1n) is 6.44. The summed E-state index contributed by atoms with van der Waals surface area (Å²) in [6.07, 6.45) is 1.77. The highest BCUT2D eigenvalue weighted by Crippen LogP contribution is 2.25. The van der Waals surface area contributed by atoms with Crippen LogP contribution in [-0.4, -0.2) is 20.5 Å². The van der Waals surface area contributed by atoms with Crippen LogP contribution in [0.5, 0.6) is 0 Å². The fraction of sp³-hybridized carbons (Fsp3) is 0.0667.